The second-order valence-electron chi connectivity index (χ2n) is 4.65. The fraction of sp³-hybridized carbons (Fsp3) is 0.400. The summed E-state index contributed by atoms with van der Waals surface area (Å²) in [5.41, 5.74) is 2.13. The summed E-state index contributed by atoms with van der Waals surface area (Å²) in [5, 5.41) is 6.49. The lowest BCUT2D eigenvalue weighted by molar-refractivity contribution is 0.414. The molecule has 0 atom stereocenters. The van der Waals surface area contributed by atoms with Crippen LogP contribution in [0.4, 0.5) is 11.6 Å². The maximum absolute atomic E-state index is 5.42. The second kappa shape index (κ2) is 7.42. The van der Waals surface area contributed by atoms with E-state index in [4.69, 9.17) is 4.74 Å². The topological polar surface area (TPSA) is 72.0 Å². The van der Waals surface area contributed by atoms with Gasteiger partial charge in [0.25, 0.3) is 0 Å². The first kappa shape index (κ1) is 15.0. The van der Waals surface area contributed by atoms with Crippen molar-refractivity contribution in [1.82, 2.24) is 15.0 Å². The number of rotatable bonds is 7. The van der Waals surface area contributed by atoms with Crippen LogP contribution in [0.1, 0.15) is 24.6 Å². The van der Waals surface area contributed by atoms with Gasteiger partial charge in [0.1, 0.15) is 6.33 Å². The largest absolute Gasteiger partial charge is 0.490 e. The Bertz CT molecular complexity index is 588. The first-order chi connectivity index (χ1) is 10.3. The molecule has 0 radical (unpaired) electrons. The zero-order valence-corrected chi connectivity index (χ0v) is 12.7. The van der Waals surface area contributed by atoms with Crippen LogP contribution in [0, 0.1) is 6.92 Å². The van der Waals surface area contributed by atoms with Gasteiger partial charge in [-0.15, -0.1) is 0 Å². The Morgan fingerprint density at radius 3 is 2.57 bits per heavy atom. The molecule has 6 nitrogen and oxygen atoms in total. The van der Waals surface area contributed by atoms with Gasteiger partial charge in [0.15, 0.2) is 11.6 Å². The molecule has 0 aliphatic rings. The highest BCUT2D eigenvalue weighted by Gasteiger charge is 2.11. The number of ether oxygens (including phenoxy) is 1. The molecule has 2 aromatic rings. The Morgan fingerprint density at radius 2 is 1.90 bits per heavy atom. The summed E-state index contributed by atoms with van der Waals surface area (Å²) in [6.45, 7) is 5.57. The van der Waals surface area contributed by atoms with Gasteiger partial charge in [0.05, 0.1) is 19.3 Å². The van der Waals surface area contributed by atoms with E-state index in [0.29, 0.717) is 23.9 Å². The lowest BCUT2D eigenvalue weighted by Gasteiger charge is -2.14. The summed E-state index contributed by atoms with van der Waals surface area (Å²) < 4.78 is 5.42. The highest BCUT2D eigenvalue weighted by atomic mass is 16.5. The fourth-order valence-corrected chi connectivity index (χ4v) is 1.93. The molecular formula is C15H21N5O. The van der Waals surface area contributed by atoms with Crippen LogP contribution in [0.3, 0.4) is 0 Å². The Hall–Kier alpha value is -2.37. The van der Waals surface area contributed by atoms with Crippen LogP contribution in [-0.4, -0.2) is 28.6 Å². The minimum atomic E-state index is 0.591. The summed E-state index contributed by atoms with van der Waals surface area (Å²) in [5.74, 6) is 1.99. The van der Waals surface area contributed by atoms with Crippen molar-refractivity contribution in [3.05, 3.63) is 35.9 Å². The quantitative estimate of drug-likeness (QED) is 0.815. The third-order valence-electron chi connectivity index (χ3n) is 3.09. The number of hydrogen-bond donors (Lipinski definition) is 2. The standard InChI is InChI=1S/C15H21N5O/c1-4-7-17-14-13(21-3)15(20-10-19-14)18-9-12-11(2)6-5-8-16-12/h5-6,8,10H,4,7,9H2,1-3H3,(H2,17,18,19,20). The van der Waals surface area contributed by atoms with Crippen LogP contribution in [0.2, 0.25) is 0 Å². The van der Waals surface area contributed by atoms with Gasteiger partial charge in [-0.05, 0) is 25.0 Å². The maximum atomic E-state index is 5.42. The molecule has 2 N–H and O–H groups in total. The third kappa shape index (κ3) is 3.81. The minimum Gasteiger partial charge on any atom is -0.490 e. The van der Waals surface area contributed by atoms with Crippen molar-refractivity contribution >= 4 is 11.6 Å². The lowest BCUT2D eigenvalue weighted by atomic mass is 10.2. The molecule has 6 heteroatoms. The molecule has 0 spiro atoms. The lowest BCUT2D eigenvalue weighted by Crippen LogP contribution is -2.10. The number of hydrogen-bond acceptors (Lipinski definition) is 6. The van der Waals surface area contributed by atoms with Crippen molar-refractivity contribution in [1.29, 1.82) is 0 Å². The first-order valence-electron chi connectivity index (χ1n) is 7.03. The average Bonchev–Trinajstić information content (AvgIpc) is 2.52. The van der Waals surface area contributed by atoms with E-state index < -0.39 is 0 Å². The zero-order chi connectivity index (χ0) is 15.1. The minimum absolute atomic E-state index is 0.591. The van der Waals surface area contributed by atoms with Crippen molar-refractivity contribution < 1.29 is 4.74 Å². The van der Waals surface area contributed by atoms with Crippen molar-refractivity contribution in [3.8, 4) is 5.75 Å². The average molecular weight is 287 g/mol. The maximum Gasteiger partial charge on any atom is 0.204 e. The highest BCUT2D eigenvalue weighted by molar-refractivity contribution is 5.63. The first-order valence-corrected chi connectivity index (χ1v) is 7.03. The molecule has 21 heavy (non-hydrogen) atoms. The van der Waals surface area contributed by atoms with E-state index in [9.17, 15) is 0 Å². The second-order valence-corrected chi connectivity index (χ2v) is 4.65. The van der Waals surface area contributed by atoms with Crippen LogP contribution in [-0.2, 0) is 6.54 Å². The number of aryl methyl sites for hydroxylation is 1. The van der Waals surface area contributed by atoms with Gasteiger partial charge in [0.2, 0.25) is 5.75 Å². The zero-order valence-electron chi connectivity index (χ0n) is 12.7. The van der Waals surface area contributed by atoms with Gasteiger partial charge >= 0.3 is 0 Å². The summed E-state index contributed by atoms with van der Waals surface area (Å²) in [7, 11) is 1.62. The summed E-state index contributed by atoms with van der Waals surface area (Å²) in [4.78, 5) is 12.8. The van der Waals surface area contributed by atoms with Gasteiger partial charge in [0, 0.05) is 12.7 Å². The molecule has 0 aromatic carbocycles. The van der Waals surface area contributed by atoms with Crippen molar-refractivity contribution in [2.24, 2.45) is 0 Å². The summed E-state index contributed by atoms with van der Waals surface area (Å²) in [6.07, 6.45) is 4.33. The third-order valence-corrected chi connectivity index (χ3v) is 3.09. The van der Waals surface area contributed by atoms with Crippen LogP contribution < -0.4 is 15.4 Å². The molecule has 0 amide bonds. The molecule has 0 bridgehead atoms. The van der Waals surface area contributed by atoms with E-state index in [1.54, 1.807) is 13.3 Å². The Balaban J connectivity index is 2.14. The molecule has 2 rings (SSSR count). The molecule has 0 saturated carbocycles. The monoisotopic (exact) mass is 287 g/mol. The molecule has 0 unspecified atom stereocenters. The van der Waals surface area contributed by atoms with E-state index in [0.717, 1.165) is 24.2 Å². The fourth-order valence-electron chi connectivity index (χ4n) is 1.93. The number of anilines is 2. The van der Waals surface area contributed by atoms with Gasteiger partial charge in [-0.3, -0.25) is 4.98 Å². The van der Waals surface area contributed by atoms with E-state index in [1.165, 1.54) is 6.33 Å². The predicted octanol–water partition coefficient (Wildman–Crippen LogP) is 2.62. The molecule has 2 aromatic heterocycles. The number of nitrogens with zero attached hydrogens (tertiary/aromatic N) is 3. The van der Waals surface area contributed by atoms with Crippen molar-refractivity contribution in [2.75, 3.05) is 24.3 Å². The molecule has 0 fully saturated rings. The van der Waals surface area contributed by atoms with Crippen LogP contribution in [0.15, 0.2) is 24.7 Å². The van der Waals surface area contributed by atoms with Gasteiger partial charge in [-0.25, -0.2) is 9.97 Å². The summed E-state index contributed by atoms with van der Waals surface area (Å²) in [6, 6.07) is 3.96. The molecule has 0 saturated heterocycles. The van der Waals surface area contributed by atoms with Gasteiger partial charge < -0.3 is 15.4 Å². The Labute approximate surface area is 125 Å². The van der Waals surface area contributed by atoms with E-state index in [2.05, 4.69) is 32.5 Å². The molecule has 0 aliphatic carbocycles. The van der Waals surface area contributed by atoms with Crippen molar-refractivity contribution in [3.63, 3.8) is 0 Å². The molecule has 2 heterocycles. The Kier molecular flexibility index (Phi) is 5.31. The van der Waals surface area contributed by atoms with Crippen molar-refractivity contribution in [2.45, 2.75) is 26.8 Å². The highest BCUT2D eigenvalue weighted by Crippen LogP contribution is 2.29. The number of nitrogens with one attached hydrogen (secondary N) is 2. The van der Waals surface area contributed by atoms with E-state index in [1.807, 2.05) is 19.1 Å². The van der Waals surface area contributed by atoms with E-state index >= 15 is 0 Å². The number of aromatic nitrogens is 3. The van der Waals surface area contributed by atoms with E-state index in [-0.39, 0.29) is 0 Å². The predicted molar refractivity (Wildman–Crippen MR) is 83.7 cm³/mol. The Morgan fingerprint density at radius 1 is 1.14 bits per heavy atom. The normalized spacial score (nSPS) is 10.2. The van der Waals surface area contributed by atoms with Gasteiger partial charge in [-0.1, -0.05) is 13.0 Å². The van der Waals surface area contributed by atoms with Crippen LogP contribution in [0.5, 0.6) is 5.75 Å². The summed E-state index contributed by atoms with van der Waals surface area (Å²) >= 11 is 0. The van der Waals surface area contributed by atoms with Crippen LogP contribution >= 0.6 is 0 Å². The SMILES string of the molecule is CCCNc1ncnc(NCc2ncccc2C)c1OC. The smallest absolute Gasteiger partial charge is 0.204 e. The molecule has 112 valence electrons. The molecular weight excluding hydrogens is 266 g/mol. The van der Waals surface area contributed by atoms with Gasteiger partial charge in [-0.2, -0.15) is 0 Å². The number of pyridine rings is 1. The number of methoxy groups -OCH3 is 1. The molecule has 0 aliphatic heterocycles. The van der Waals surface area contributed by atoms with Crippen LogP contribution in [0.25, 0.3) is 0 Å².